The van der Waals surface area contributed by atoms with E-state index in [1.807, 2.05) is 37.3 Å². The van der Waals surface area contributed by atoms with Gasteiger partial charge in [0.15, 0.2) is 11.5 Å². The molecule has 0 aromatic heterocycles. The maximum atomic E-state index is 12.7. The smallest absolute Gasteiger partial charge is 0.262 e. The summed E-state index contributed by atoms with van der Waals surface area (Å²) in [5.74, 6) is 0.497. The molecule has 162 valence electrons. The summed E-state index contributed by atoms with van der Waals surface area (Å²) >= 11 is 0. The van der Waals surface area contributed by atoms with Gasteiger partial charge in [-0.1, -0.05) is 30.3 Å². The zero-order chi connectivity index (χ0) is 22.4. The van der Waals surface area contributed by atoms with Crippen molar-refractivity contribution in [1.82, 2.24) is 5.32 Å². The number of benzene rings is 3. The van der Waals surface area contributed by atoms with E-state index in [1.54, 1.807) is 24.3 Å². The molecule has 8 heteroatoms. The van der Waals surface area contributed by atoms with Crippen molar-refractivity contribution in [2.75, 3.05) is 18.9 Å². The number of hydrogen-bond donors (Lipinski definition) is 2. The second kappa shape index (κ2) is 9.53. The summed E-state index contributed by atoms with van der Waals surface area (Å²) in [5.41, 5.74) is 1.76. The van der Waals surface area contributed by atoms with Crippen LogP contribution in [0, 0.1) is 0 Å². The minimum atomic E-state index is -3.85. The maximum Gasteiger partial charge on any atom is 0.262 e. The van der Waals surface area contributed by atoms with Crippen LogP contribution >= 0.6 is 0 Å². The first kappa shape index (κ1) is 22.2. The third-order valence-corrected chi connectivity index (χ3v) is 6.09. The van der Waals surface area contributed by atoms with Gasteiger partial charge in [0.25, 0.3) is 15.9 Å². The second-order valence-electron chi connectivity index (χ2n) is 6.81. The van der Waals surface area contributed by atoms with E-state index in [4.69, 9.17) is 9.47 Å². The summed E-state index contributed by atoms with van der Waals surface area (Å²) in [6.07, 6.45) is 0. The number of ether oxygens (including phenoxy) is 2. The highest BCUT2D eigenvalue weighted by molar-refractivity contribution is 7.92. The molecular formula is C23H24N2O5S. The van der Waals surface area contributed by atoms with Gasteiger partial charge >= 0.3 is 0 Å². The molecule has 31 heavy (non-hydrogen) atoms. The van der Waals surface area contributed by atoms with Crippen molar-refractivity contribution < 1.29 is 22.7 Å². The molecule has 0 saturated carbocycles. The molecule has 1 atom stereocenters. The van der Waals surface area contributed by atoms with Crippen LogP contribution in [-0.4, -0.2) is 28.5 Å². The fourth-order valence-corrected chi connectivity index (χ4v) is 4.07. The van der Waals surface area contributed by atoms with Gasteiger partial charge in [0.1, 0.15) is 0 Å². The SMILES string of the molecule is COc1ccc(S(=O)(=O)Nc2ccc(C(=O)N[C@@H](C)c3ccccc3)cc2)cc1OC. The van der Waals surface area contributed by atoms with Crippen molar-refractivity contribution >= 4 is 21.6 Å². The quantitative estimate of drug-likeness (QED) is 0.552. The first-order valence-electron chi connectivity index (χ1n) is 9.55. The molecule has 0 heterocycles. The van der Waals surface area contributed by atoms with Crippen LogP contribution in [0.4, 0.5) is 5.69 Å². The van der Waals surface area contributed by atoms with Gasteiger partial charge in [-0.05, 0) is 48.9 Å². The molecule has 3 rings (SSSR count). The number of amides is 1. The molecule has 0 aliphatic carbocycles. The average molecular weight is 441 g/mol. The highest BCUT2D eigenvalue weighted by Crippen LogP contribution is 2.30. The molecule has 2 N–H and O–H groups in total. The number of methoxy groups -OCH3 is 2. The fourth-order valence-electron chi connectivity index (χ4n) is 2.99. The summed E-state index contributed by atoms with van der Waals surface area (Å²) in [7, 11) is -0.936. The van der Waals surface area contributed by atoms with Gasteiger partial charge in [-0.2, -0.15) is 0 Å². The number of rotatable bonds is 8. The first-order chi connectivity index (χ1) is 14.8. The topological polar surface area (TPSA) is 93.7 Å². The third kappa shape index (κ3) is 5.35. The number of carbonyl (C=O) groups is 1. The van der Waals surface area contributed by atoms with Crippen LogP contribution in [0.15, 0.2) is 77.7 Å². The van der Waals surface area contributed by atoms with E-state index >= 15 is 0 Å². The lowest BCUT2D eigenvalue weighted by molar-refractivity contribution is 0.0940. The van der Waals surface area contributed by atoms with E-state index in [0.29, 0.717) is 22.7 Å². The Bertz CT molecular complexity index is 1150. The van der Waals surface area contributed by atoms with Crippen LogP contribution in [0.3, 0.4) is 0 Å². The third-order valence-electron chi connectivity index (χ3n) is 4.71. The summed E-state index contributed by atoms with van der Waals surface area (Å²) < 4.78 is 38.2. The highest BCUT2D eigenvalue weighted by atomic mass is 32.2. The van der Waals surface area contributed by atoms with Gasteiger partial charge < -0.3 is 14.8 Å². The Labute approximate surface area is 182 Å². The molecule has 7 nitrogen and oxygen atoms in total. The van der Waals surface area contributed by atoms with Crippen LogP contribution in [0.25, 0.3) is 0 Å². The summed E-state index contributed by atoms with van der Waals surface area (Å²) in [4.78, 5) is 12.5. The maximum absolute atomic E-state index is 12.7. The van der Waals surface area contributed by atoms with Crippen molar-refractivity contribution in [2.45, 2.75) is 17.9 Å². The van der Waals surface area contributed by atoms with E-state index in [-0.39, 0.29) is 16.8 Å². The van der Waals surface area contributed by atoms with Crippen LogP contribution in [0.1, 0.15) is 28.9 Å². The lowest BCUT2D eigenvalue weighted by Crippen LogP contribution is -2.26. The van der Waals surface area contributed by atoms with E-state index in [2.05, 4.69) is 10.0 Å². The molecule has 3 aromatic rings. The van der Waals surface area contributed by atoms with Gasteiger partial charge in [-0.25, -0.2) is 8.42 Å². The van der Waals surface area contributed by atoms with Crippen molar-refractivity contribution in [3.8, 4) is 11.5 Å². The molecule has 1 amide bonds. The van der Waals surface area contributed by atoms with Gasteiger partial charge in [-0.3, -0.25) is 9.52 Å². The number of hydrogen-bond acceptors (Lipinski definition) is 5. The molecule has 0 spiro atoms. The van der Waals surface area contributed by atoms with E-state index in [9.17, 15) is 13.2 Å². The minimum absolute atomic E-state index is 0.0312. The molecule has 0 unspecified atom stereocenters. The largest absolute Gasteiger partial charge is 0.493 e. The molecule has 0 radical (unpaired) electrons. The first-order valence-corrected chi connectivity index (χ1v) is 11.0. The van der Waals surface area contributed by atoms with Crippen molar-refractivity contribution in [3.05, 3.63) is 83.9 Å². The Balaban J connectivity index is 1.70. The number of carbonyl (C=O) groups excluding carboxylic acids is 1. The molecule has 0 saturated heterocycles. The average Bonchev–Trinajstić information content (AvgIpc) is 2.79. The zero-order valence-electron chi connectivity index (χ0n) is 17.5. The minimum Gasteiger partial charge on any atom is -0.493 e. The Hall–Kier alpha value is -3.52. The second-order valence-corrected chi connectivity index (χ2v) is 8.49. The van der Waals surface area contributed by atoms with E-state index < -0.39 is 10.0 Å². The predicted octanol–water partition coefficient (Wildman–Crippen LogP) is 4.00. The predicted molar refractivity (Wildman–Crippen MR) is 119 cm³/mol. The lowest BCUT2D eigenvalue weighted by Gasteiger charge is -2.15. The number of nitrogens with one attached hydrogen (secondary N) is 2. The normalized spacial score (nSPS) is 12.0. The Morgan fingerprint density at radius 2 is 1.52 bits per heavy atom. The van der Waals surface area contributed by atoms with E-state index in [0.717, 1.165) is 5.56 Å². The van der Waals surface area contributed by atoms with Crippen molar-refractivity contribution in [3.63, 3.8) is 0 Å². The molecule has 0 aliphatic rings. The Morgan fingerprint density at radius 3 is 2.13 bits per heavy atom. The van der Waals surface area contributed by atoms with E-state index in [1.165, 1.54) is 32.4 Å². The number of sulfonamides is 1. The molecule has 3 aromatic carbocycles. The summed E-state index contributed by atoms with van der Waals surface area (Å²) in [6.45, 7) is 1.90. The van der Waals surface area contributed by atoms with Gasteiger partial charge in [0.05, 0.1) is 25.2 Å². The van der Waals surface area contributed by atoms with Crippen LogP contribution < -0.4 is 19.5 Å². The van der Waals surface area contributed by atoms with Crippen LogP contribution in [-0.2, 0) is 10.0 Å². The van der Waals surface area contributed by atoms with Crippen LogP contribution in [0.2, 0.25) is 0 Å². The molecule has 0 aliphatic heterocycles. The summed E-state index contributed by atoms with van der Waals surface area (Å²) in [6, 6.07) is 20.0. The molecule has 0 bridgehead atoms. The van der Waals surface area contributed by atoms with Crippen molar-refractivity contribution in [2.24, 2.45) is 0 Å². The monoisotopic (exact) mass is 440 g/mol. The van der Waals surface area contributed by atoms with Gasteiger partial charge in [-0.15, -0.1) is 0 Å². The molecule has 0 fully saturated rings. The standard InChI is InChI=1S/C23H24N2O5S/c1-16(17-7-5-4-6-8-17)24-23(26)18-9-11-19(12-10-18)25-31(27,28)20-13-14-21(29-2)22(15-20)30-3/h4-16,25H,1-3H3,(H,24,26)/t16-/m0/s1. The zero-order valence-corrected chi connectivity index (χ0v) is 18.3. The lowest BCUT2D eigenvalue weighted by atomic mass is 10.1. The summed E-state index contributed by atoms with van der Waals surface area (Å²) in [5, 5.41) is 2.93. The van der Waals surface area contributed by atoms with Gasteiger partial charge in [0.2, 0.25) is 0 Å². The highest BCUT2D eigenvalue weighted by Gasteiger charge is 2.18. The Morgan fingerprint density at radius 1 is 0.871 bits per heavy atom. The molecular weight excluding hydrogens is 416 g/mol. The van der Waals surface area contributed by atoms with Gasteiger partial charge in [0, 0.05) is 17.3 Å². The Kier molecular flexibility index (Phi) is 6.81. The van der Waals surface area contributed by atoms with Crippen LogP contribution in [0.5, 0.6) is 11.5 Å². The number of anilines is 1. The van der Waals surface area contributed by atoms with Crippen molar-refractivity contribution in [1.29, 1.82) is 0 Å². The fraction of sp³-hybridized carbons (Fsp3) is 0.174.